The van der Waals surface area contributed by atoms with Crippen LogP contribution in [0.5, 0.6) is 0 Å². The Morgan fingerprint density at radius 3 is 2.67 bits per heavy atom. The maximum atomic E-state index is 8.89. The molecule has 0 saturated carbocycles. The molecule has 2 unspecified atom stereocenters. The molecular weight excluding hydrogens is 116 g/mol. The van der Waals surface area contributed by atoms with Crippen molar-refractivity contribution in [2.45, 2.75) is 19.6 Å². The van der Waals surface area contributed by atoms with E-state index in [0.717, 1.165) is 12.0 Å². The Morgan fingerprint density at radius 1 is 1.78 bits per heavy atom. The molecule has 1 fully saturated rings. The first-order valence-electron chi connectivity index (χ1n) is 3.15. The second-order valence-corrected chi connectivity index (χ2v) is 2.57. The van der Waals surface area contributed by atoms with Gasteiger partial charge in [0, 0.05) is 12.3 Å². The van der Waals surface area contributed by atoms with Gasteiger partial charge in [-0.15, -0.1) is 0 Å². The van der Waals surface area contributed by atoms with Crippen molar-refractivity contribution < 1.29 is 9.84 Å². The molecule has 1 aliphatic rings. The molecule has 0 bridgehead atoms. The monoisotopic (exact) mass is 128 g/mol. The molecule has 1 N–H and O–H groups in total. The minimum absolute atomic E-state index is 0.375. The zero-order valence-electron chi connectivity index (χ0n) is 5.63. The molecule has 0 aliphatic carbocycles. The molecule has 1 heterocycles. The molecule has 2 atom stereocenters. The third kappa shape index (κ3) is 1.53. The topological polar surface area (TPSA) is 29.5 Å². The second-order valence-electron chi connectivity index (χ2n) is 2.57. The summed E-state index contributed by atoms with van der Waals surface area (Å²) in [6.07, 6.45) is 0.168. The Labute approximate surface area is 55.1 Å². The van der Waals surface area contributed by atoms with Crippen LogP contribution < -0.4 is 0 Å². The average Bonchev–Trinajstić information content (AvgIpc) is 2.14. The smallest absolute Gasteiger partial charge is 0.155 e. The largest absolute Gasteiger partial charge is 0.368 e. The Bertz CT molecular complexity index is 120. The summed E-state index contributed by atoms with van der Waals surface area (Å²) in [6.45, 7) is 6.38. The van der Waals surface area contributed by atoms with Gasteiger partial charge in [0.2, 0.25) is 0 Å². The quantitative estimate of drug-likeness (QED) is 0.532. The standard InChI is InChI=1S/C7H12O2/c1-5(2)6-3-7(8)9-4-6/h6-8H,1,3-4H2,2H3. The van der Waals surface area contributed by atoms with Crippen molar-refractivity contribution >= 4 is 0 Å². The van der Waals surface area contributed by atoms with Crippen LogP contribution in [-0.4, -0.2) is 18.0 Å². The predicted octanol–water partition coefficient (Wildman–Crippen LogP) is 0.917. The van der Waals surface area contributed by atoms with Crippen molar-refractivity contribution in [1.82, 2.24) is 0 Å². The summed E-state index contributed by atoms with van der Waals surface area (Å²) < 4.78 is 4.92. The van der Waals surface area contributed by atoms with E-state index in [-0.39, 0.29) is 0 Å². The molecule has 0 radical (unpaired) electrons. The van der Waals surface area contributed by atoms with Crippen LogP contribution in [0.15, 0.2) is 12.2 Å². The van der Waals surface area contributed by atoms with Gasteiger partial charge < -0.3 is 9.84 Å². The first-order chi connectivity index (χ1) is 4.20. The van der Waals surface area contributed by atoms with Crippen LogP contribution in [0.4, 0.5) is 0 Å². The van der Waals surface area contributed by atoms with Gasteiger partial charge in [0.05, 0.1) is 6.61 Å². The minimum atomic E-state index is -0.549. The summed E-state index contributed by atoms with van der Waals surface area (Å²) >= 11 is 0. The summed E-state index contributed by atoms with van der Waals surface area (Å²) in [7, 11) is 0. The van der Waals surface area contributed by atoms with Gasteiger partial charge in [-0.25, -0.2) is 0 Å². The van der Waals surface area contributed by atoms with Gasteiger partial charge in [-0.2, -0.15) is 0 Å². The van der Waals surface area contributed by atoms with Crippen LogP contribution in [0.25, 0.3) is 0 Å². The summed E-state index contributed by atoms with van der Waals surface area (Å²) in [5.41, 5.74) is 1.10. The number of hydrogen-bond acceptors (Lipinski definition) is 2. The lowest BCUT2D eigenvalue weighted by atomic mass is 10.0. The molecule has 0 amide bonds. The van der Waals surface area contributed by atoms with Crippen LogP contribution >= 0.6 is 0 Å². The number of aliphatic hydroxyl groups excluding tert-OH is 1. The van der Waals surface area contributed by atoms with E-state index in [1.807, 2.05) is 6.92 Å². The summed E-state index contributed by atoms with van der Waals surface area (Å²) in [6, 6.07) is 0. The van der Waals surface area contributed by atoms with E-state index in [1.54, 1.807) is 0 Å². The molecule has 1 aliphatic heterocycles. The zero-order valence-corrected chi connectivity index (χ0v) is 5.63. The maximum Gasteiger partial charge on any atom is 0.155 e. The van der Waals surface area contributed by atoms with E-state index in [9.17, 15) is 0 Å². The SMILES string of the molecule is C=C(C)C1COC(O)C1. The molecule has 1 rings (SSSR count). The Morgan fingerprint density at radius 2 is 2.44 bits per heavy atom. The van der Waals surface area contributed by atoms with Gasteiger partial charge in [-0.3, -0.25) is 0 Å². The second kappa shape index (κ2) is 2.50. The average molecular weight is 128 g/mol. The summed E-state index contributed by atoms with van der Waals surface area (Å²) in [5, 5.41) is 8.89. The molecule has 52 valence electrons. The summed E-state index contributed by atoms with van der Waals surface area (Å²) in [5.74, 6) is 0.375. The molecule has 0 aromatic rings. The molecule has 9 heavy (non-hydrogen) atoms. The lowest BCUT2D eigenvalue weighted by Gasteiger charge is -2.03. The highest BCUT2D eigenvalue weighted by Crippen LogP contribution is 2.22. The highest BCUT2D eigenvalue weighted by Gasteiger charge is 2.23. The fourth-order valence-electron chi connectivity index (χ4n) is 0.950. The number of aliphatic hydroxyl groups is 1. The van der Waals surface area contributed by atoms with Crippen LogP contribution in [0, 0.1) is 5.92 Å². The lowest BCUT2D eigenvalue weighted by Crippen LogP contribution is -2.01. The molecule has 1 saturated heterocycles. The van der Waals surface area contributed by atoms with E-state index in [0.29, 0.717) is 12.5 Å². The van der Waals surface area contributed by atoms with Crippen LogP contribution in [0.1, 0.15) is 13.3 Å². The third-order valence-corrected chi connectivity index (χ3v) is 1.67. The normalized spacial score (nSPS) is 34.9. The van der Waals surface area contributed by atoms with Crippen molar-refractivity contribution in [2.75, 3.05) is 6.61 Å². The maximum absolute atomic E-state index is 8.89. The Balaban J connectivity index is 2.39. The first kappa shape index (κ1) is 6.78. The fourth-order valence-corrected chi connectivity index (χ4v) is 0.950. The zero-order chi connectivity index (χ0) is 6.85. The number of ether oxygens (including phenoxy) is 1. The van der Waals surface area contributed by atoms with Gasteiger partial charge >= 0.3 is 0 Å². The van der Waals surface area contributed by atoms with E-state index < -0.39 is 6.29 Å². The van der Waals surface area contributed by atoms with E-state index in [2.05, 4.69) is 6.58 Å². The molecule has 2 heteroatoms. The van der Waals surface area contributed by atoms with E-state index in [4.69, 9.17) is 9.84 Å². The number of rotatable bonds is 1. The fraction of sp³-hybridized carbons (Fsp3) is 0.714. The molecule has 0 spiro atoms. The van der Waals surface area contributed by atoms with Gasteiger partial charge in [0.15, 0.2) is 6.29 Å². The highest BCUT2D eigenvalue weighted by atomic mass is 16.6. The van der Waals surface area contributed by atoms with Crippen molar-refractivity contribution in [3.05, 3.63) is 12.2 Å². The van der Waals surface area contributed by atoms with Crippen molar-refractivity contribution in [3.63, 3.8) is 0 Å². The molecular formula is C7H12O2. The molecule has 2 nitrogen and oxygen atoms in total. The van der Waals surface area contributed by atoms with Crippen molar-refractivity contribution in [1.29, 1.82) is 0 Å². The van der Waals surface area contributed by atoms with E-state index in [1.165, 1.54) is 0 Å². The Kier molecular flexibility index (Phi) is 1.88. The van der Waals surface area contributed by atoms with Gasteiger partial charge in [0.25, 0.3) is 0 Å². The predicted molar refractivity (Wildman–Crippen MR) is 34.9 cm³/mol. The van der Waals surface area contributed by atoms with Crippen LogP contribution in [0.3, 0.4) is 0 Å². The van der Waals surface area contributed by atoms with Crippen LogP contribution in [-0.2, 0) is 4.74 Å². The van der Waals surface area contributed by atoms with Gasteiger partial charge in [-0.05, 0) is 6.92 Å². The first-order valence-corrected chi connectivity index (χ1v) is 3.15. The highest BCUT2D eigenvalue weighted by molar-refractivity contribution is 4.98. The molecule has 0 aromatic heterocycles. The summed E-state index contributed by atoms with van der Waals surface area (Å²) in [4.78, 5) is 0. The van der Waals surface area contributed by atoms with Crippen molar-refractivity contribution in [3.8, 4) is 0 Å². The lowest BCUT2D eigenvalue weighted by molar-refractivity contribution is -0.0590. The minimum Gasteiger partial charge on any atom is -0.368 e. The number of hydrogen-bond donors (Lipinski definition) is 1. The Hall–Kier alpha value is -0.340. The molecule has 0 aromatic carbocycles. The van der Waals surface area contributed by atoms with Crippen molar-refractivity contribution in [2.24, 2.45) is 5.92 Å². The van der Waals surface area contributed by atoms with E-state index >= 15 is 0 Å². The van der Waals surface area contributed by atoms with Crippen LogP contribution in [0.2, 0.25) is 0 Å². The third-order valence-electron chi connectivity index (χ3n) is 1.67. The van der Waals surface area contributed by atoms with Gasteiger partial charge in [0.1, 0.15) is 0 Å². The van der Waals surface area contributed by atoms with Gasteiger partial charge in [-0.1, -0.05) is 12.2 Å².